The van der Waals surface area contributed by atoms with Crippen LogP contribution in [0.3, 0.4) is 0 Å². The van der Waals surface area contributed by atoms with Crippen LogP contribution in [-0.2, 0) is 0 Å². The Bertz CT molecular complexity index is 64.0. The first kappa shape index (κ1) is 2.88. The highest BCUT2D eigenvalue weighted by Crippen LogP contribution is 1.98. The van der Waals surface area contributed by atoms with Gasteiger partial charge in [-0.2, -0.15) is 0 Å². The van der Waals surface area contributed by atoms with E-state index >= 15 is 0 Å². The summed E-state index contributed by atoms with van der Waals surface area (Å²) in [6, 6.07) is 0. The topological polar surface area (TPSA) is 12.4 Å². The summed E-state index contributed by atoms with van der Waals surface area (Å²) >= 11 is 0. The lowest BCUT2D eigenvalue weighted by atomic mass is 10.4. The van der Waals surface area contributed by atoms with Gasteiger partial charge in [0.1, 0.15) is 0 Å². The molecule has 0 aromatic heterocycles. The zero-order chi connectivity index (χ0) is 3.70. The van der Waals surface area contributed by atoms with E-state index in [1.807, 2.05) is 0 Å². The van der Waals surface area contributed by atoms with Crippen LogP contribution in [0, 0.1) is 0 Å². The van der Waals surface area contributed by atoms with Gasteiger partial charge in [-0.3, -0.25) is 4.99 Å². The molecule has 28 valence electrons. The lowest BCUT2D eigenvalue weighted by molar-refractivity contribution is 1.32. The van der Waals surface area contributed by atoms with Crippen LogP contribution in [-0.4, -0.2) is 12.3 Å². The fraction of sp³-hybridized carbons (Fsp3) is 0.750. The molecule has 0 saturated heterocycles. The quantitative estimate of drug-likeness (QED) is 0.433. The van der Waals surface area contributed by atoms with Gasteiger partial charge in [0.05, 0.1) is 6.54 Å². The molecule has 1 aliphatic rings. The van der Waals surface area contributed by atoms with Gasteiger partial charge < -0.3 is 0 Å². The van der Waals surface area contributed by atoms with Gasteiger partial charge in [-0.15, -0.1) is 0 Å². The van der Waals surface area contributed by atoms with Crippen LogP contribution in [0.5, 0.6) is 0 Å². The Hall–Kier alpha value is -0.330. The molecular weight excluding hydrogens is 62.1 g/mol. The van der Waals surface area contributed by atoms with Gasteiger partial charge in [0.15, 0.2) is 0 Å². The van der Waals surface area contributed by atoms with E-state index in [-0.39, 0.29) is 0 Å². The molecular formula is C4H7N. The second-order valence-corrected chi connectivity index (χ2v) is 1.24. The predicted octanol–water partition coefficient (Wildman–Crippen LogP) is 0.851. The largest absolute Gasteiger partial charge is 0.286 e. The molecule has 5 heavy (non-hydrogen) atoms. The summed E-state index contributed by atoms with van der Waals surface area (Å²) in [5, 5.41) is 0. The van der Waals surface area contributed by atoms with Gasteiger partial charge in [0, 0.05) is 5.71 Å². The molecule has 0 unspecified atom stereocenters. The predicted molar refractivity (Wildman–Crippen MR) is 22.6 cm³/mol. The van der Waals surface area contributed by atoms with E-state index in [0.29, 0.717) is 0 Å². The second-order valence-electron chi connectivity index (χ2n) is 1.24. The maximum Gasteiger partial charge on any atom is 0.0768 e. The Morgan fingerprint density at radius 2 is 2.60 bits per heavy atom. The average Bonchev–Trinajstić information content (AvgIpc) is 2.12. The van der Waals surface area contributed by atoms with Gasteiger partial charge in [-0.25, -0.2) is 0 Å². The SMILES string of the molecule is CCC1=NC1. The molecule has 1 heterocycles. The molecule has 1 heteroatoms. The first-order valence-electron chi connectivity index (χ1n) is 1.95. The van der Waals surface area contributed by atoms with E-state index in [1.54, 1.807) is 0 Å². The van der Waals surface area contributed by atoms with Crippen molar-refractivity contribution in [1.29, 1.82) is 0 Å². The van der Waals surface area contributed by atoms with Crippen molar-refractivity contribution in [3.63, 3.8) is 0 Å². The summed E-state index contributed by atoms with van der Waals surface area (Å²) in [7, 11) is 0. The molecule has 0 aliphatic carbocycles. The van der Waals surface area contributed by atoms with E-state index in [2.05, 4.69) is 11.9 Å². The third-order valence-electron chi connectivity index (χ3n) is 0.790. The minimum Gasteiger partial charge on any atom is -0.286 e. The number of aliphatic imine (C=N–C) groups is 1. The molecule has 0 saturated carbocycles. The first-order valence-corrected chi connectivity index (χ1v) is 1.95. The Morgan fingerprint density at radius 1 is 2.00 bits per heavy atom. The van der Waals surface area contributed by atoms with Crippen molar-refractivity contribution in [3.8, 4) is 0 Å². The molecule has 1 nitrogen and oxygen atoms in total. The Morgan fingerprint density at radius 3 is 2.60 bits per heavy atom. The van der Waals surface area contributed by atoms with Gasteiger partial charge >= 0.3 is 0 Å². The van der Waals surface area contributed by atoms with Gasteiger partial charge in [0.2, 0.25) is 0 Å². The van der Waals surface area contributed by atoms with Crippen LogP contribution in [0.15, 0.2) is 4.99 Å². The molecule has 0 amide bonds. The lowest BCUT2D eigenvalue weighted by Crippen LogP contribution is -1.71. The number of rotatable bonds is 1. The molecule has 0 spiro atoms. The normalized spacial score (nSPS) is 18.2. The molecule has 0 bridgehead atoms. The monoisotopic (exact) mass is 69.1 g/mol. The summed E-state index contributed by atoms with van der Waals surface area (Å²) < 4.78 is 0. The van der Waals surface area contributed by atoms with Crippen LogP contribution in [0.1, 0.15) is 13.3 Å². The molecule has 0 aromatic rings. The molecule has 1 aliphatic heterocycles. The van der Waals surface area contributed by atoms with Crippen molar-refractivity contribution in [2.45, 2.75) is 13.3 Å². The standard InChI is InChI=1S/C4H7N/c1-2-4-3-5-4/h2-3H2,1H3. The van der Waals surface area contributed by atoms with Crippen LogP contribution >= 0.6 is 0 Å². The van der Waals surface area contributed by atoms with Gasteiger partial charge in [-0.05, 0) is 6.42 Å². The number of hydrogen-bond acceptors (Lipinski definition) is 1. The lowest BCUT2D eigenvalue weighted by Gasteiger charge is -1.62. The fourth-order valence-corrected chi connectivity index (χ4v) is 0.280. The fourth-order valence-electron chi connectivity index (χ4n) is 0.280. The Balaban J connectivity index is 2.22. The second kappa shape index (κ2) is 0.814. The Kier molecular flexibility index (Phi) is 0.469. The molecule has 0 N–H and O–H groups in total. The molecule has 0 atom stereocenters. The summed E-state index contributed by atoms with van der Waals surface area (Å²) in [5.74, 6) is 0. The smallest absolute Gasteiger partial charge is 0.0768 e. The summed E-state index contributed by atoms with van der Waals surface area (Å²) in [6.45, 7) is 3.18. The summed E-state index contributed by atoms with van der Waals surface area (Å²) in [6.07, 6.45) is 1.17. The van der Waals surface area contributed by atoms with Gasteiger partial charge in [-0.1, -0.05) is 6.92 Å². The van der Waals surface area contributed by atoms with E-state index in [9.17, 15) is 0 Å². The average molecular weight is 69.1 g/mol. The van der Waals surface area contributed by atoms with Crippen LogP contribution < -0.4 is 0 Å². The van der Waals surface area contributed by atoms with E-state index in [0.717, 1.165) is 6.54 Å². The van der Waals surface area contributed by atoms with E-state index < -0.39 is 0 Å². The summed E-state index contributed by atoms with van der Waals surface area (Å²) in [5.41, 5.74) is 1.38. The third-order valence-corrected chi connectivity index (χ3v) is 0.790. The van der Waals surface area contributed by atoms with E-state index in [1.165, 1.54) is 12.1 Å². The Labute approximate surface area is 31.7 Å². The molecule has 0 aromatic carbocycles. The maximum absolute atomic E-state index is 3.94. The highest BCUT2D eigenvalue weighted by molar-refractivity contribution is 5.96. The zero-order valence-electron chi connectivity index (χ0n) is 3.36. The summed E-state index contributed by atoms with van der Waals surface area (Å²) in [4.78, 5) is 3.94. The van der Waals surface area contributed by atoms with Crippen LogP contribution in [0.25, 0.3) is 0 Å². The van der Waals surface area contributed by atoms with Crippen molar-refractivity contribution in [2.24, 2.45) is 4.99 Å². The van der Waals surface area contributed by atoms with Crippen LogP contribution in [0.2, 0.25) is 0 Å². The minimum atomic E-state index is 1.05. The van der Waals surface area contributed by atoms with Crippen molar-refractivity contribution in [2.75, 3.05) is 6.54 Å². The van der Waals surface area contributed by atoms with Crippen molar-refractivity contribution < 1.29 is 0 Å². The van der Waals surface area contributed by atoms with Gasteiger partial charge in [0.25, 0.3) is 0 Å². The third kappa shape index (κ3) is 0.469. The van der Waals surface area contributed by atoms with Crippen molar-refractivity contribution >= 4 is 5.71 Å². The van der Waals surface area contributed by atoms with Crippen LogP contribution in [0.4, 0.5) is 0 Å². The zero-order valence-corrected chi connectivity index (χ0v) is 3.36. The maximum atomic E-state index is 3.94. The first-order chi connectivity index (χ1) is 2.43. The van der Waals surface area contributed by atoms with E-state index in [4.69, 9.17) is 0 Å². The molecule has 1 rings (SSSR count). The highest BCUT2D eigenvalue weighted by Gasteiger charge is 2.02. The molecule has 0 radical (unpaired) electrons. The molecule has 0 fully saturated rings. The number of hydrogen-bond donors (Lipinski definition) is 0. The highest BCUT2D eigenvalue weighted by atomic mass is 14.9. The number of nitrogens with zero attached hydrogens (tertiary/aromatic N) is 1. The van der Waals surface area contributed by atoms with Crippen molar-refractivity contribution in [1.82, 2.24) is 0 Å². The minimum absolute atomic E-state index is 1.05. The van der Waals surface area contributed by atoms with Crippen molar-refractivity contribution in [3.05, 3.63) is 0 Å².